The molecule has 8 nitrogen and oxygen atoms in total. The maximum Gasteiger partial charge on any atom is 0.342 e. The highest BCUT2D eigenvalue weighted by Gasteiger charge is 2.21. The molecule has 0 spiro atoms. The minimum absolute atomic E-state index is 0.139. The number of likely N-dealkylation sites (N-methyl/N-ethyl adjacent to an activating group) is 1. The van der Waals surface area contributed by atoms with Gasteiger partial charge < -0.3 is 19.1 Å². The molecule has 1 aromatic carbocycles. The van der Waals surface area contributed by atoms with Crippen molar-refractivity contribution in [2.75, 3.05) is 32.2 Å². The second-order valence-electron chi connectivity index (χ2n) is 11.5. The number of carbonyl (C=O) groups excluding carboxylic acids is 3. The van der Waals surface area contributed by atoms with E-state index in [1.54, 1.807) is 45.3 Å². The molecule has 2 heterocycles. The van der Waals surface area contributed by atoms with E-state index in [2.05, 4.69) is 0 Å². The summed E-state index contributed by atoms with van der Waals surface area (Å²) in [5, 5.41) is 1.35. The molecule has 47 heavy (non-hydrogen) atoms. The fourth-order valence-electron chi connectivity index (χ4n) is 5.06. The third kappa shape index (κ3) is 13.8. The largest absolute Gasteiger partial charge is 0.462 e. The van der Waals surface area contributed by atoms with Crippen LogP contribution in [0.5, 0.6) is 5.75 Å². The van der Waals surface area contributed by atoms with Crippen molar-refractivity contribution in [3.05, 3.63) is 47.2 Å². The normalized spacial score (nSPS) is 18.7. The first-order chi connectivity index (χ1) is 22.7. The number of aliphatic imine (C=N–C) groups is 1. The number of rotatable bonds is 18. The van der Waals surface area contributed by atoms with Crippen LogP contribution in [-0.4, -0.2) is 71.4 Å². The average Bonchev–Trinajstić information content (AvgIpc) is 3.78. The SMILES string of the molecule is CC=CC(C(=O)N(C)C)=C(CC)OC(CCCCC1CCSS1)=Nc1ccc(OC(=O)CCCCC2CCSS2)c(C(=O)OCC)c1. The molecule has 0 N–H and O–H groups in total. The second-order valence-corrected chi connectivity index (χ2v) is 17.1. The minimum Gasteiger partial charge on any atom is -0.462 e. The van der Waals surface area contributed by atoms with Gasteiger partial charge in [0.25, 0.3) is 5.91 Å². The van der Waals surface area contributed by atoms with Crippen molar-refractivity contribution < 1.29 is 28.6 Å². The number of esters is 2. The summed E-state index contributed by atoms with van der Waals surface area (Å²) < 4.78 is 17.4. The molecular weight excluding hydrogens is 673 g/mol. The van der Waals surface area contributed by atoms with Crippen LogP contribution < -0.4 is 4.74 Å². The van der Waals surface area contributed by atoms with Crippen LogP contribution in [0.2, 0.25) is 0 Å². The molecule has 12 heteroatoms. The maximum atomic E-state index is 13.0. The van der Waals surface area contributed by atoms with Crippen LogP contribution >= 0.6 is 43.2 Å². The van der Waals surface area contributed by atoms with E-state index < -0.39 is 5.97 Å². The van der Waals surface area contributed by atoms with Gasteiger partial charge >= 0.3 is 11.9 Å². The Morgan fingerprint density at radius 3 is 2.17 bits per heavy atom. The van der Waals surface area contributed by atoms with Gasteiger partial charge in [-0.3, -0.25) is 9.59 Å². The topological polar surface area (TPSA) is 94.5 Å². The molecule has 260 valence electrons. The molecule has 2 aliphatic rings. The lowest BCUT2D eigenvalue weighted by atomic mass is 10.1. The van der Waals surface area contributed by atoms with Gasteiger partial charge in [-0.1, -0.05) is 75.1 Å². The standard InChI is InChI=1S/C35H50N2O6S4/c1-6-13-28(34(39)37(4)5)30(7-2)42-32(16-11-9-14-26-20-22-44-46-26)36-25-18-19-31(29(24-25)35(40)41-8-3)43-33(38)17-12-10-15-27-21-23-45-47-27/h6,13,18-19,24,26-27H,7-12,14-17,20-23H2,1-5H3. The monoisotopic (exact) mass is 722 g/mol. The number of hydrogen-bond donors (Lipinski definition) is 0. The highest BCUT2D eigenvalue weighted by atomic mass is 33.1. The smallest absolute Gasteiger partial charge is 0.342 e. The third-order valence-electron chi connectivity index (χ3n) is 7.55. The average molecular weight is 723 g/mol. The zero-order valence-electron chi connectivity index (χ0n) is 28.4. The number of hydrogen-bond acceptors (Lipinski definition) is 11. The quantitative estimate of drug-likeness (QED) is 0.0168. The lowest BCUT2D eigenvalue weighted by Gasteiger charge is -2.18. The number of allylic oxidation sites excluding steroid dienone is 2. The Balaban J connectivity index is 1.83. The van der Waals surface area contributed by atoms with E-state index in [-0.39, 0.29) is 36.2 Å². The van der Waals surface area contributed by atoms with Crippen LogP contribution in [0.4, 0.5) is 5.69 Å². The number of unbranched alkanes of at least 4 members (excludes halogenated alkanes) is 2. The Bertz CT molecular complexity index is 1270. The van der Waals surface area contributed by atoms with Crippen molar-refractivity contribution in [2.24, 2.45) is 4.99 Å². The first kappa shape index (κ1) is 39.4. The van der Waals surface area contributed by atoms with Crippen molar-refractivity contribution in [3.63, 3.8) is 0 Å². The summed E-state index contributed by atoms with van der Waals surface area (Å²) in [7, 11) is 11.2. The van der Waals surface area contributed by atoms with E-state index in [1.165, 1.54) is 29.2 Å². The minimum atomic E-state index is -0.585. The van der Waals surface area contributed by atoms with Gasteiger partial charge in [-0.2, -0.15) is 0 Å². The first-order valence-corrected chi connectivity index (χ1v) is 21.4. The number of nitrogens with zero attached hydrogens (tertiary/aromatic N) is 2. The summed E-state index contributed by atoms with van der Waals surface area (Å²) in [4.78, 5) is 45.1. The Morgan fingerprint density at radius 2 is 1.62 bits per heavy atom. The Hall–Kier alpha value is -2.02. The van der Waals surface area contributed by atoms with Crippen LogP contribution in [0.3, 0.4) is 0 Å². The molecule has 2 fully saturated rings. The van der Waals surface area contributed by atoms with E-state index in [4.69, 9.17) is 19.2 Å². The summed E-state index contributed by atoms with van der Waals surface area (Å²) in [6.07, 6.45) is 13.3. The third-order valence-corrected chi connectivity index (χ3v) is 13.6. The molecule has 0 radical (unpaired) electrons. The lowest BCUT2D eigenvalue weighted by molar-refractivity contribution is -0.134. The number of benzene rings is 1. The van der Waals surface area contributed by atoms with Gasteiger partial charge in [0, 0.05) is 55.4 Å². The van der Waals surface area contributed by atoms with Gasteiger partial charge in [0.05, 0.1) is 17.9 Å². The molecular formula is C35H50N2O6S4. The molecule has 0 aliphatic carbocycles. The number of ether oxygens (including phenoxy) is 3. The molecule has 2 saturated heterocycles. The summed E-state index contributed by atoms with van der Waals surface area (Å²) in [6.45, 7) is 5.73. The summed E-state index contributed by atoms with van der Waals surface area (Å²) >= 11 is 0. The highest BCUT2D eigenvalue weighted by Crippen LogP contribution is 2.40. The van der Waals surface area contributed by atoms with Crippen LogP contribution in [0.15, 0.2) is 46.7 Å². The van der Waals surface area contributed by atoms with Gasteiger partial charge in [0.2, 0.25) is 0 Å². The van der Waals surface area contributed by atoms with Crippen LogP contribution in [0, 0.1) is 0 Å². The van der Waals surface area contributed by atoms with Gasteiger partial charge in [0.15, 0.2) is 5.90 Å². The molecule has 0 saturated carbocycles. The van der Waals surface area contributed by atoms with E-state index in [0.29, 0.717) is 46.3 Å². The van der Waals surface area contributed by atoms with Gasteiger partial charge in [-0.05, 0) is 70.6 Å². The molecule has 2 unspecified atom stereocenters. The molecule has 2 atom stereocenters. The van der Waals surface area contributed by atoms with Gasteiger partial charge in [0.1, 0.15) is 17.1 Å². The molecule has 2 aliphatic heterocycles. The zero-order valence-corrected chi connectivity index (χ0v) is 31.7. The highest BCUT2D eigenvalue weighted by molar-refractivity contribution is 8.77. The van der Waals surface area contributed by atoms with Crippen molar-refractivity contribution in [3.8, 4) is 5.75 Å². The van der Waals surface area contributed by atoms with E-state index in [0.717, 1.165) is 38.5 Å². The summed E-state index contributed by atoms with van der Waals surface area (Å²) in [5.41, 5.74) is 1.08. The van der Waals surface area contributed by atoms with Crippen LogP contribution in [-0.2, 0) is 19.1 Å². The van der Waals surface area contributed by atoms with Gasteiger partial charge in [-0.25, -0.2) is 9.79 Å². The Labute approximate surface area is 296 Å². The van der Waals surface area contributed by atoms with Crippen molar-refractivity contribution >= 4 is 72.6 Å². The van der Waals surface area contributed by atoms with Crippen LogP contribution in [0.25, 0.3) is 0 Å². The molecule has 1 amide bonds. The molecule has 0 bridgehead atoms. The second kappa shape index (κ2) is 21.8. The fourth-order valence-corrected chi connectivity index (χ4v) is 11.1. The van der Waals surface area contributed by atoms with E-state index in [1.807, 2.05) is 63.1 Å². The molecule has 0 aromatic heterocycles. The van der Waals surface area contributed by atoms with E-state index >= 15 is 0 Å². The summed E-state index contributed by atoms with van der Waals surface area (Å²) in [5.74, 6) is 2.45. The Kier molecular flexibility index (Phi) is 18.3. The number of amides is 1. The number of carbonyl (C=O) groups is 3. The zero-order chi connectivity index (χ0) is 34.0. The first-order valence-electron chi connectivity index (χ1n) is 16.7. The lowest BCUT2D eigenvalue weighted by Crippen LogP contribution is -2.24. The molecule has 1 aromatic rings. The summed E-state index contributed by atoms with van der Waals surface area (Å²) in [6, 6.07) is 4.89. The van der Waals surface area contributed by atoms with Crippen molar-refractivity contribution in [2.45, 2.75) is 102 Å². The van der Waals surface area contributed by atoms with E-state index in [9.17, 15) is 14.4 Å². The Morgan fingerprint density at radius 1 is 0.957 bits per heavy atom. The van der Waals surface area contributed by atoms with Crippen molar-refractivity contribution in [1.82, 2.24) is 4.90 Å². The van der Waals surface area contributed by atoms with Crippen LogP contribution in [0.1, 0.15) is 102 Å². The predicted octanol–water partition coefficient (Wildman–Crippen LogP) is 9.57. The predicted molar refractivity (Wildman–Crippen MR) is 201 cm³/mol. The maximum absolute atomic E-state index is 13.0. The van der Waals surface area contributed by atoms with Gasteiger partial charge in [-0.15, -0.1) is 0 Å². The molecule has 3 rings (SSSR count). The fraction of sp³-hybridized carbons (Fsp3) is 0.600. The van der Waals surface area contributed by atoms with Crippen molar-refractivity contribution in [1.29, 1.82) is 0 Å².